The quantitative estimate of drug-likeness (QED) is 0.561. The number of nitrogens with zero attached hydrogens (tertiary/aromatic N) is 2. The van der Waals surface area contributed by atoms with Crippen LogP contribution in [-0.2, 0) is 11.3 Å². The minimum Gasteiger partial charge on any atom is -0.465 e. The van der Waals surface area contributed by atoms with Crippen molar-refractivity contribution in [2.75, 3.05) is 18.0 Å². The summed E-state index contributed by atoms with van der Waals surface area (Å²) < 4.78 is 0. The number of amides is 2. The smallest absolute Gasteiger partial charge is 0.405 e. The van der Waals surface area contributed by atoms with Gasteiger partial charge in [0.1, 0.15) is 0 Å². The maximum Gasteiger partial charge on any atom is 0.405 e. The highest BCUT2D eigenvalue weighted by Crippen LogP contribution is 2.39. The summed E-state index contributed by atoms with van der Waals surface area (Å²) in [4.78, 5) is 27.8. The highest BCUT2D eigenvalue weighted by atomic mass is 35.5. The van der Waals surface area contributed by atoms with Crippen molar-refractivity contribution in [2.24, 2.45) is 5.73 Å². The van der Waals surface area contributed by atoms with Crippen molar-refractivity contribution in [1.82, 2.24) is 10.2 Å². The number of carbonyl (C=O) groups excluding carboxylic acids is 1. The summed E-state index contributed by atoms with van der Waals surface area (Å²) in [7, 11) is 0. The van der Waals surface area contributed by atoms with Crippen LogP contribution in [0.3, 0.4) is 0 Å². The Morgan fingerprint density at radius 3 is 2.26 bits per heavy atom. The van der Waals surface area contributed by atoms with E-state index in [0.717, 1.165) is 54.9 Å². The number of hydrogen-bond donors (Lipinski definition) is 3. The number of rotatable bonds is 4. The lowest BCUT2D eigenvalue weighted by molar-refractivity contribution is -0.117. The summed E-state index contributed by atoms with van der Waals surface area (Å²) >= 11 is 0. The molecule has 4 rings (SSSR count). The standard InChI is InChI=1S/C25H32N4O3.2ClH/c1-16-13-23(27-25(31)32)22-14-20(7-8-24(22)29(16)17(2)30)19-5-3-18(4-6-19)15-28-11-9-21(26)10-12-28;;/h3-8,14,16,21,23,27H,9-13,15,26H2,1-2H3,(H,31,32);2*1H/t16-,23+;;/m1../s1. The SMILES string of the molecule is CC(=O)N1c2ccc(-c3ccc(CN4CCC(N)CC4)cc3)cc2[C@@H](NC(=O)O)C[C@H]1C.Cl.Cl. The summed E-state index contributed by atoms with van der Waals surface area (Å²) in [5.41, 5.74) is 11.0. The van der Waals surface area contributed by atoms with E-state index in [1.807, 2.05) is 25.1 Å². The number of hydrogen-bond acceptors (Lipinski definition) is 4. The van der Waals surface area contributed by atoms with Gasteiger partial charge in [0, 0.05) is 31.2 Å². The molecule has 2 aliphatic rings. The molecule has 1 fully saturated rings. The summed E-state index contributed by atoms with van der Waals surface area (Å²) in [5, 5.41) is 11.9. The van der Waals surface area contributed by atoms with Crippen LogP contribution < -0.4 is 16.0 Å². The lowest BCUT2D eigenvalue weighted by atomic mass is 9.89. The number of likely N-dealkylation sites (tertiary alicyclic amines) is 1. The molecule has 2 atom stereocenters. The van der Waals surface area contributed by atoms with E-state index in [1.54, 1.807) is 11.8 Å². The van der Waals surface area contributed by atoms with Gasteiger partial charge in [-0.25, -0.2) is 4.79 Å². The highest BCUT2D eigenvalue weighted by Gasteiger charge is 2.33. The van der Waals surface area contributed by atoms with Crippen LogP contribution in [0.5, 0.6) is 0 Å². The van der Waals surface area contributed by atoms with Crippen molar-refractivity contribution in [3.63, 3.8) is 0 Å². The van der Waals surface area contributed by atoms with E-state index in [4.69, 9.17) is 5.73 Å². The largest absolute Gasteiger partial charge is 0.465 e. The lowest BCUT2D eigenvalue weighted by Crippen LogP contribution is -2.45. The van der Waals surface area contributed by atoms with Crippen molar-refractivity contribution in [2.45, 2.75) is 57.8 Å². The molecule has 0 bridgehead atoms. The molecule has 7 nitrogen and oxygen atoms in total. The van der Waals surface area contributed by atoms with Crippen molar-refractivity contribution in [3.05, 3.63) is 53.6 Å². The summed E-state index contributed by atoms with van der Waals surface area (Å²) in [6, 6.07) is 14.4. The van der Waals surface area contributed by atoms with Gasteiger partial charge in [0.2, 0.25) is 5.91 Å². The zero-order chi connectivity index (χ0) is 22.8. The number of fused-ring (bicyclic) bond motifs is 1. The van der Waals surface area contributed by atoms with Crippen LogP contribution in [-0.4, -0.2) is 47.2 Å². The predicted octanol–water partition coefficient (Wildman–Crippen LogP) is 4.57. The number of carboxylic acid groups (broad SMARTS) is 1. The number of anilines is 1. The molecule has 1 saturated heterocycles. The van der Waals surface area contributed by atoms with E-state index < -0.39 is 6.09 Å². The second-order valence-electron chi connectivity index (χ2n) is 9.06. The molecule has 0 saturated carbocycles. The van der Waals surface area contributed by atoms with Gasteiger partial charge >= 0.3 is 6.09 Å². The number of halogens is 2. The fourth-order valence-corrected chi connectivity index (χ4v) is 4.98. The molecule has 2 aromatic rings. The molecule has 4 N–H and O–H groups in total. The van der Waals surface area contributed by atoms with Gasteiger partial charge in [-0.15, -0.1) is 24.8 Å². The Morgan fingerprint density at radius 1 is 1.06 bits per heavy atom. The Balaban J connectivity index is 0.00000204. The predicted molar refractivity (Wildman–Crippen MR) is 140 cm³/mol. The van der Waals surface area contributed by atoms with Gasteiger partial charge in [-0.05, 0) is 73.7 Å². The topological polar surface area (TPSA) is 98.9 Å². The molecule has 2 amide bonds. The van der Waals surface area contributed by atoms with Crippen LogP contribution in [0.4, 0.5) is 10.5 Å². The Bertz CT molecular complexity index is 994. The van der Waals surface area contributed by atoms with E-state index in [-0.39, 0.29) is 42.8 Å². The average molecular weight is 509 g/mol. The van der Waals surface area contributed by atoms with E-state index in [2.05, 4.69) is 34.5 Å². The van der Waals surface area contributed by atoms with Crippen LogP contribution >= 0.6 is 24.8 Å². The van der Waals surface area contributed by atoms with Gasteiger partial charge in [-0.3, -0.25) is 9.69 Å². The summed E-state index contributed by atoms with van der Waals surface area (Å²) in [6.45, 7) is 6.50. The van der Waals surface area contributed by atoms with Gasteiger partial charge in [-0.2, -0.15) is 0 Å². The summed E-state index contributed by atoms with van der Waals surface area (Å²) in [6.07, 6.45) is 1.59. The molecule has 186 valence electrons. The van der Waals surface area contributed by atoms with Crippen molar-refractivity contribution >= 4 is 42.5 Å². The minimum absolute atomic E-state index is 0. The van der Waals surface area contributed by atoms with Gasteiger partial charge in [0.05, 0.1) is 6.04 Å². The zero-order valence-electron chi connectivity index (χ0n) is 19.6. The molecule has 2 aliphatic heterocycles. The minimum atomic E-state index is -1.06. The maximum atomic E-state index is 12.3. The van der Waals surface area contributed by atoms with Gasteiger partial charge in [0.15, 0.2) is 0 Å². The molecular weight excluding hydrogens is 475 g/mol. The first-order valence-corrected chi connectivity index (χ1v) is 11.3. The van der Waals surface area contributed by atoms with E-state index >= 15 is 0 Å². The molecule has 9 heteroatoms. The molecule has 0 aromatic heterocycles. The number of nitrogens with one attached hydrogen (secondary N) is 1. The molecule has 34 heavy (non-hydrogen) atoms. The molecule has 2 aromatic carbocycles. The third-order valence-corrected chi connectivity index (χ3v) is 6.64. The number of piperidine rings is 1. The van der Waals surface area contributed by atoms with E-state index in [0.29, 0.717) is 12.5 Å². The van der Waals surface area contributed by atoms with Crippen LogP contribution in [0.1, 0.15) is 50.3 Å². The average Bonchev–Trinajstić information content (AvgIpc) is 2.75. The first-order chi connectivity index (χ1) is 15.3. The summed E-state index contributed by atoms with van der Waals surface area (Å²) in [5.74, 6) is -0.0386. The van der Waals surface area contributed by atoms with Gasteiger partial charge in [0.25, 0.3) is 0 Å². The molecule has 2 heterocycles. The van der Waals surface area contributed by atoms with Crippen molar-refractivity contribution in [3.8, 4) is 11.1 Å². The van der Waals surface area contributed by atoms with E-state index in [1.165, 1.54) is 5.56 Å². The number of benzene rings is 2. The monoisotopic (exact) mass is 508 g/mol. The Morgan fingerprint density at radius 2 is 1.68 bits per heavy atom. The normalized spacial score (nSPS) is 20.5. The first kappa shape index (κ1) is 27.9. The fraction of sp³-hybridized carbons (Fsp3) is 0.440. The molecule has 0 spiro atoms. The van der Waals surface area contributed by atoms with Crippen molar-refractivity contribution < 1.29 is 14.7 Å². The van der Waals surface area contributed by atoms with Crippen molar-refractivity contribution in [1.29, 1.82) is 0 Å². The zero-order valence-corrected chi connectivity index (χ0v) is 21.2. The Kier molecular flexibility index (Phi) is 9.76. The molecule has 0 unspecified atom stereocenters. The van der Waals surface area contributed by atoms with Gasteiger partial charge < -0.3 is 21.1 Å². The number of carbonyl (C=O) groups is 2. The van der Waals surface area contributed by atoms with Crippen LogP contribution in [0.25, 0.3) is 11.1 Å². The third kappa shape index (κ3) is 6.21. The van der Waals surface area contributed by atoms with Crippen LogP contribution in [0.15, 0.2) is 42.5 Å². The van der Waals surface area contributed by atoms with Crippen LogP contribution in [0.2, 0.25) is 0 Å². The second-order valence-corrected chi connectivity index (χ2v) is 9.06. The van der Waals surface area contributed by atoms with Crippen LogP contribution in [0, 0.1) is 0 Å². The Labute approximate surface area is 213 Å². The fourth-order valence-electron chi connectivity index (χ4n) is 4.98. The molecule has 0 radical (unpaired) electrons. The van der Waals surface area contributed by atoms with E-state index in [9.17, 15) is 14.7 Å². The second kappa shape index (κ2) is 11.9. The number of nitrogens with two attached hydrogens (primary N) is 1. The Hall–Kier alpha value is -2.32. The van der Waals surface area contributed by atoms with Gasteiger partial charge in [-0.1, -0.05) is 30.3 Å². The lowest BCUT2D eigenvalue weighted by Gasteiger charge is -2.39. The third-order valence-electron chi connectivity index (χ3n) is 6.64. The maximum absolute atomic E-state index is 12.3. The molecular formula is C25H34Cl2N4O3. The first-order valence-electron chi connectivity index (χ1n) is 11.3. The molecule has 0 aliphatic carbocycles. The highest BCUT2D eigenvalue weighted by molar-refractivity contribution is 5.94.